The Bertz CT molecular complexity index is 2890. The fraction of sp³-hybridized carbons (Fsp3) is 0. The van der Waals surface area contributed by atoms with Gasteiger partial charge in [0.05, 0.1) is 11.0 Å². The summed E-state index contributed by atoms with van der Waals surface area (Å²) >= 11 is 0. The molecule has 1 aromatic heterocycles. The van der Waals surface area contributed by atoms with E-state index in [0.29, 0.717) is 0 Å². The molecule has 10 aromatic rings. The molecule has 10 rings (SSSR count). The molecule has 254 valence electrons. The summed E-state index contributed by atoms with van der Waals surface area (Å²) in [6.45, 7) is 0. The molecule has 0 bridgehead atoms. The zero-order valence-corrected chi connectivity index (χ0v) is 29.7. The zero-order valence-electron chi connectivity index (χ0n) is 29.7. The van der Waals surface area contributed by atoms with E-state index in [4.69, 9.17) is 0 Å². The molecule has 2 heteroatoms. The highest BCUT2D eigenvalue weighted by Gasteiger charge is 2.20. The molecule has 0 atom stereocenters. The fourth-order valence-corrected chi connectivity index (χ4v) is 8.05. The summed E-state index contributed by atoms with van der Waals surface area (Å²) < 4.78 is 2.41. The van der Waals surface area contributed by atoms with Gasteiger partial charge in [-0.1, -0.05) is 158 Å². The van der Waals surface area contributed by atoms with Crippen LogP contribution in [0, 0.1) is 0 Å². The Morgan fingerprint density at radius 3 is 1.56 bits per heavy atom. The Labute approximate surface area is 315 Å². The third kappa shape index (κ3) is 5.53. The Morgan fingerprint density at radius 2 is 0.833 bits per heavy atom. The topological polar surface area (TPSA) is 8.17 Å². The maximum atomic E-state index is 2.41. The largest absolute Gasteiger partial charge is 0.310 e. The van der Waals surface area contributed by atoms with E-state index in [1.807, 2.05) is 0 Å². The van der Waals surface area contributed by atoms with Gasteiger partial charge < -0.3 is 9.47 Å². The average molecular weight is 689 g/mol. The van der Waals surface area contributed by atoms with E-state index in [0.717, 1.165) is 22.7 Å². The Kier molecular flexibility index (Phi) is 7.85. The van der Waals surface area contributed by atoms with Crippen LogP contribution in [0.2, 0.25) is 0 Å². The van der Waals surface area contributed by atoms with Crippen molar-refractivity contribution in [2.24, 2.45) is 0 Å². The van der Waals surface area contributed by atoms with Crippen molar-refractivity contribution in [1.29, 1.82) is 0 Å². The Balaban J connectivity index is 1.10. The standard InChI is InChI=1S/C52H36N2/c1-4-14-37(15-5-1)38-26-28-39(29-27-38)40-30-33-45(34-31-40)53(43-18-6-2-7-19-43)46-22-12-17-42(36-46)48-24-13-25-49-52(48)51-47-23-11-10-16-41(47)32-35-50(51)54(49)44-20-8-3-9-21-44/h1-36H. The van der Waals surface area contributed by atoms with Crippen LogP contribution in [-0.2, 0) is 0 Å². The summed E-state index contributed by atoms with van der Waals surface area (Å²) in [6, 6.07) is 78.7. The van der Waals surface area contributed by atoms with E-state index >= 15 is 0 Å². The first-order chi connectivity index (χ1) is 26.8. The van der Waals surface area contributed by atoms with E-state index < -0.39 is 0 Å². The molecule has 0 spiro atoms. The first-order valence-corrected chi connectivity index (χ1v) is 18.5. The van der Waals surface area contributed by atoms with Crippen LogP contribution in [0.3, 0.4) is 0 Å². The second-order valence-corrected chi connectivity index (χ2v) is 13.8. The van der Waals surface area contributed by atoms with E-state index in [1.165, 1.54) is 66.0 Å². The second-order valence-electron chi connectivity index (χ2n) is 13.8. The molecular weight excluding hydrogens is 653 g/mol. The van der Waals surface area contributed by atoms with Crippen LogP contribution in [-0.4, -0.2) is 4.57 Å². The summed E-state index contributed by atoms with van der Waals surface area (Å²) in [7, 11) is 0. The molecule has 54 heavy (non-hydrogen) atoms. The zero-order chi connectivity index (χ0) is 35.8. The summed E-state index contributed by atoms with van der Waals surface area (Å²) in [5.41, 5.74) is 14.1. The number of aromatic nitrogens is 1. The van der Waals surface area contributed by atoms with Crippen molar-refractivity contribution < 1.29 is 0 Å². The second kappa shape index (κ2) is 13.4. The van der Waals surface area contributed by atoms with Crippen LogP contribution in [0.5, 0.6) is 0 Å². The third-order valence-electron chi connectivity index (χ3n) is 10.6. The lowest BCUT2D eigenvalue weighted by molar-refractivity contribution is 1.18. The molecule has 0 aliphatic heterocycles. The minimum absolute atomic E-state index is 1.10. The lowest BCUT2D eigenvalue weighted by Crippen LogP contribution is -2.09. The molecule has 0 saturated carbocycles. The van der Waals surface area contributed by atoms with Crippen molar-refractivity contribution in [3.8, 4) is 39.1 Å². The SMILES string of the molecule is c1ccc(-c2ccc(-c3ccc(N(c4ccccc4)c4cccc(-c5cccc6c5c5c7ccccc7ccc5n6-c5ccccc5)c4)cc3)cc2)cc1. The molecule has 9 aromatic carbocycles. The van der Waals surface area contributed by atoms with E-state index in [2.05, 4.69) is 228 Å². The predicted molar refractivity (Wildman–Crippen MR) is 229 cm³/mol. The van der Waals surface area contributed by atoms with E-state index in [-0.39, 0.29) is 0 Å². The van der Waals surface area contributed by atoms with Gasteiger partial charge in [0.2, 0.25) is 0 Å². The summed E-state index contributed by atoms with van der Waals surface area (Å²) in [6.07, 6.45) is 0. The number of fused-ring (bicyclic) bond motifs is 5. The Morgan fingerprint density at radius 1 is 0.315 bits per heavy atom. The van der Waals surface area contributed by atoms with Crippen LogP contribution >= 0.6 is 0 Å². The van der Waals surface area contributed by atoms with Gasteiger partial charge in [0.15, 0.2) is 0 Å². The maximum absolute atomic E-state index is 2.41. The van der Waals surface area contributed by atoms with Crippen molar-refractivity contribution in [3.05, 3.63) is 218 Å². The van der Waals surface area contributed by atoms with Crippen LogP contribution in [0.4, 0.5) is 17.1 Å². The molecule has 1 heterocycles. The van der Waals surface area contributed by atoms with Crippen molar-refractivity contribution in [3.63, 3.8) is 0 Å². The molecule has 0 aliphatic carbocycles. The lowest BCUT2D eigenvalue weighted by Gasteiger charge is -2.26. The first kappa shape index (κ1) is 31.6. The quantitative estimate of drug-likeness (QED) is 0.162. The molecule has 0 saturated heterocycles. The summed E-state index contributed by atoms with van der Waals surface area (Å²) in [5, 5.41) is 5.05. The van der Waals surface area contributed by atoms with Crippen LogP contribution < -0.4 is 4.90 Å². The smallest absolute Gasteiger partial charge is 0.0547 e. The number of rotatable bonds is 7. The molecule has 0 fully saturated rings. The highest BCUT2D eigenvalue weighted by atomic mass is 15.1. The predicted octanol–water partition coefficient (Wildman–Crippen LogP) is 14.4. The van der Waals surface area contributed by atoms with Gasteiger partial charge in [-0.3, -0.25) is 0 Å². The normalized spacial score (nSPS) is 11.3. The van der Waals surface area contributed by atoms with Gasteiger partial charge in [-0.15, -0.1) is 0 Å². The van der Waals surface area contributed by atoms with Gasteiger partial charge >= 0.3 is 0 Å². The van der Waals surface area contributed by atoms with Crippen molar-refractivity contribution in [2.45, 2.75) is 0 Å². The first-order valence-electron chi connectivity index (χ1n) is 18.5. The Hall–Kier alpha value is -7.16. The van der Waals surface area contributed by atoms with Gasteiger partial charge in [-0.25, -0.2) is 0 Å². The van der Waals surface area contributed by atoms with Crippen molar-refractivity contribution in [2.75, 3.05) is 4.90 Å². The van der Waals surface area contributed by atoms with Crippen LogP contribution in [0.1, 0.15) is 0 Å². The third-order valence-corrected chi connectivity index (χ3v) is 10.6. The van der Waals surface area contributed by atoms with Gasteiger partial charge in [-0.2, -0.15) is 0 Å². The molecule has 0 N–H and O–H groups in total. The van der Waals surface area contributed by atoms with Crippen LogP contribution in [0.15, 0.2) is 218 Å². The molecule has 0 amide bonds. The van der Waals surface area contributed by atoms with Crippen molar-refractivity contribution >= 4 is 49.6 Å². The molecular formula is C52H36N2. The van der Waals surface area contributed by atoms with Gasteiger partial charge in [-0.05, 0) is 105 Å². The molecule has 0 aliphatic rings. The number of hydrogen-bond acceptors (Lipinski definition) is 1. The number of para-hydroxylation sites is 2. The number of nitrogens with zero attached hydrogens (tertiary/aromatic N) is 2. The number of anilines is 3. The van der Waals surface area contributed by atoms with Gasteiger partial charge in [0.1, 0.15) is 0 Å². The monoisotopic (exact) mass is 688 g/mol. The highest BCUT2D eigenvalue weighted by Crippen LogP contribution is 2.43. The van der Waals surface area contributed by atoms with Crippen LogP contribution in [0.25, 0.3) is 71.6 Å². The molecule has 0 unspecified atom stereocenters. The molecule has 2 nitrogen and oxygen atoms in total. The molecule has 0 radical (unpaired) electrons. The summed E-state index contributed by atoms with van der Waals surface area (Å²) in [4.78, 5) is 2.36. The van der Waals surface area contributed by atoms with E-state index in [1.54, 1.807) is 0 Å². The number of benzene rings is 9. The lowest BCUT2D eigenvalue weighted by atomic mass is 9.96. The average Bonchev–Trinajstić information content (AvgIpc) is 3.60. The summed E-state index contributed by atoms with van der Waals surface area (Å²) in [5.74, 6) is 0. The number of hydrogen-bond donors (Lipinski definition) is 0. The van der Waals surface area contributed by atoms with Gasteiger partial charge in [0, 0.05) is 33.5 Å². The highest BCUT2D eigenvalue weighted by molar-refractivity contribution is 6.25. The van der Waals surface area contributed by atoms with Crippen molar-refractivity contribution in [1.82, 2.24) is 4.57 Å². The minimum Gasteiger partial charge on any atom is -0.310 e. The fourth-order valence-electron chi connectivity index (χ4n) is 8.05. The van der Waals surface area contributed by atoms with Gasteiger partial charge in [0.25, 0.3) is 0 Å². The minimum atomic E-state index is 1.10. The van der Waals surface area contributed by atoms with E-state index in [9.17, 15) is 0 Å². The maximum Gasteiger partial charge on any atom is 0.0547 e.